The second-order valence-corrected chi connectivity index (χ2v) is 3.23. The van der Waals surface area contributed by atoms with Crippen LogP contribution in [-0.4, -0.2) is 31.8 Å². The van der Waals surface area contributed by atoms with E-state index >= 15 is 0 Å². The zero-order chi connectivity index (χ0) is 13.5. The summed E-state index contributed by atoms with van der Waals surface area (Å²) in [5, 5.41) is 0. The molecule has 0 aromatic heterocycles. The maximum atomic E-state index is 11.7. The van der Waals surface area contributed by atoms with E-state index in [1.807, 2.05) is 0 Å². The molecular weight excluding hydrogens is 238 g/mol. The number of aldehydes is 1. The average molecular weight is 251 g/mol. The minimum Gasteiger partial charge on any atom is -0.484 e. The summed E-state index contributed by atoms with van der Waals surface area (Å²) in [7, 11) is 1.52. The van der Waals surface area contributed by atoms with Crippen molar-refractivity contribution < 1.29 is 19.1 Å². The number of primary amides is 1. The lowest BCUT2D eigenvalue weighted by Gasteiger charge is -2.12. The van der Waals surface area contributed by atoms with Gasteiger partial charge in [-0.2, -0.15) is 0 Å². The highest BCUT2D eigenvalue weighted by molar-refractivity contribution is 6.03. The lowest BCUT2D eigenvalue weighted by molar-refractivity contribution is -0.109. The highest BCUT2D eigenvalue weighted by Gasteiger charge is 2.18. The third kappa shape index (κ3) is 3.05. The number of hydrazine groups is 1. The molecule has 96 valence electrons. The molecule has 0 saturated carbocycles. The van der Waals surface area contributed by atoms with E-state index in [9.17, 15) is 14.4 Å². The predicted octanol–water partition coefficient (Wildman–Crippen LogP) is -0.773. The Morgan fingerprint density at radius 1 is 1.39 bits per heavy atom. The second-order valence-electron chi connectivity index (χ2n) is 3.23. The van der Waals surface area contributed by atoms with Gasteiger partial charge in [0.05, 0.1) is 11.1 Å². The van der Waals surface area contributed by atoms with Crippen molar-refractivity contribution in [2.24, 2.45) is 5.73 Å². The van der Waals surface area contributed by atoms with Crippen molar-refractivity contribution in [1.82, 2.24) is 10.9 Å². The zero-order valence-corrected chi connectivity index (χ0v) is 9.73. The first-order valence-corrected chi connectivity index (χ1v) is 5.08. The number of para-hydroxylation sites is 1. The van der Waals surface area contributed by atoms with E-state index in [0.717, 1.165) is 0 Å². The Kier molecular flexibility index (Phi) is 4.82. The van der Waals surface area contributed by atoms with Crippen LogP contribution in [0.4, 0.5) is 0 Å². The van der Waals surface area contributed by atoms with Gasteiger partial charge in [0.25, 0.3) is 11.8 Å². The molecule has 18 heavy (non-hydrogen) atoms. The van der Waals surface area contributed by atoms with Crippen molar-refractivity contribution in [1.29, 1.82) is 0 Å². The molecule has 7 heteroatoms. The predicted molar refractivity (Wildman–Crippen MR) is 63.0 cm³/mol. The summed E-state index contributed by atoms with van der Waals surface area (Å²) < 4.78 is 5.09. The summed E-state index contributed by atoms with van der Waals surface area (Å²) in [6.07, 6.45) is 0.511. The Bertz CT molecular complexity index is 473. The van der Waals surface area contributed by atoms with Crippen LogP contribution in [-0.2, 0) is 4.79 Å². The van der Waals surface area contributed by atoms with Crippen molar-refractivity contribution in [3.63, 3.8) is 0 Å². The van der Waals surface area contributed by atoms with Gasteiger partial charge in [-0.15, -0.1) is 0 Å². The minimum absolute atomic E-state index is 0.00940. The maximum Gasteiger partial charge on any atom is 0.269 e. The fraction of sp³-hybridized carbons (Fsp3) is 0.182. The number of hydrogen-bond acceptors (Lipinski definition) is 5. The number of carbonyl (C=O) groups is 3. The monoisotopic (exact) mass is 251 g/mol. The van der Waals surface area contributed by atoms with Gasteiger partial charge in [-0.25, -0.2) is 5.43 Å². The van der Waals surface area contributed by atoms with Crippen molar-refractivity contribution in [3.8, 4) is 5.75 Å². The molecule has 4 N–H and O–H groups in total. The van der Waals surface area contributed by atoms with Crippen LogP contribution < -0.4 is 21.3 Å². The molecule has 0 atom stereocenters. The number of nitrogens with two attached hydrogens (primary N) is 1. The Labute approximate surface area is 103 Å². The number of benzene rings is 1. The molecule has 0 bridgehead atoms. The molecule has 0 saturated heterocycles. The summed E-state index contributed by atoms with van der Waals surface area (Å²) in [6.45, 7) is -0.274. The highest BCUT2D eigenvalue weighted by Crippen LogP contribution is 2.23. The average Bonchev–Trinajstić information content (AvgIpc) is 2.36. The Balaban J connectivity index is 3.22. The number of rotatable bonds is 6. The van der Waals surface area contributed by atoms with Crippen LogP contribution in [0.25, 0.3) is 0 Å². The Morgan fingerprint density at radius 3 is 2.61 bits per heavy atom. The van der Waals surface area contributed by atoms with Gasteiger partial charge >= 0.3 is 0 Å². The molecule has 0 fully saturated rings. The smallest absolute Gasteiger partial charge is 0.269 e. The van der Waals surface area contributed by atoms with E-state index in [1.165, 1.54) is 25.2 Å². The summed E-state index contributed by atoms with van der Waals surface area (Å²) in [5.41, 5.74) is 10.1. The third-order valence-electron chi connectivity index (χ3n) is 2.06. The van der Waals surface area contributed by atoms with Gasteiger partial charge in [0, 0.05) is 7.05 Å². The summed E-state index contributed by atoms with van der Waals surface area (Å²) in [4.78, 5) is 33.2. The van der Waals surface area contributed by atoms with E-state index in [0.29, 0.717) is 6.29 Å². The van der Waals surface area contributed by atoms with Crippen molar-refractivity contribution in [3.05, 3.63) is 29.3 Å². The number of amides is 2. The molecule has 0 unspecified atom stereocenters. The van der Waals surface area contributed by atoms with Gasteiger partial charge in [0.15, 0.2) is 6.29 Å². The van der Waals surface area contributed by atoms with Crippen molar-refractivity contribution in [2.75, 3.05) is 13.7 Å². The topological polar surface area (TPSA) is 111 Å². The SMILES string of the molecule is CNNC(=O)c1cccc(C(N)=O)c1OCC=O. The molecule has 1 aromatic carbocycles. The second kappa shape index (κ2) is 6.36. The molecule has 0 aliphatic rings. The first-order chi connectivity index (χ1) is 8.61. The molecule has 0 aliphatic heterocycles. The van der Waals surface area contributed by atoms with Crippen LogP contribution >= 0.6 is 0 Å². The van der Waals surface area contributed by atoms with E-state index in [1.54, 1.807) is 0 Å². The molecule has 1 rings (SSSR count). The van der Waals surface area contributed by atoms with Gasteiger partial charge < -0.3 is 10.5 Å². The molecular formula is C11H13N3O4. The third-order valence-corrected chi connectivity index (χ3v) is 2.06. The number of nitrogens with one attached hydrogen (secondary N) is 2. The fourth-order valence-corrected chi connectivity index (χ4v) is 1.36. The van der Waals surface area contributed by atoms with Crippen LogP contribution in [0.15, 0.2) is 18.2 Å². The molecule has 1 aromatic rings. The zero-order valence-electron chi connectivity index (χ0n) is 9.73. The van der Waals surface area contributed by atoms with Crippen LogP contribution in [0.1, 0.15) is 20.7 Å². The van der Waals surface area contributed by atoms with E-state index in [4.69, 9.17) is 10.5 Å². The van der Waals surface area contributed by atoms with Crippen LogP contribution in [0.5, 0.6) is 5.75 Å². The lowest BCUT2D eigenvalue weighted by Crippen LogP contribution is -2.34. The van der Waals surface area contributed by atoms with E-state index < -0.39 is 11.8 Å². The molecule has 0 aliphatic carbocycles. The number of carbonyl (C=O) groups excluding carboxylic acids is 3. The number of ether oxygens (including phenoxy) is 1. The van der Waals surface area contributed by atoms with Gasteiger partial charge in [-0.1, -0.05) is 6.07 Å². The van der Waals surface area contributed by atoms with Crippen LogP contribution in [0.2, 0.25) is 0 Å². The van der Waals surface area contributed by atoms with Gasteiger partial charge in [0.1, 0.15) is 12.4 Å². The normalized spacial score (nSPS) is 9.61. The first kappa shape index (κ1) is 13.7. The molecule has 0 heterocycles. The van der Waals surface area contributed by atoms with Crippen LogP contribution in [0.3, 0.4) is 0 Å². The van der Waals surface area contributed by atoms with Crippen molar-refractivity contribution in [2.45, 2.75) is 0 Å². The standard InChI is InChI=1S/C11H13N3O4/c1-13-14-11(17)8-4-2-3-7(10(12)16)9(8)18-6-5-15/h2-5,13H,6H2,1H3,(H2,12,16)(H,14,17). The highest BCUT2D eigenvalue weighted by atomic mass is 16.5. The first-order valence-electron chi connectivity index (χ1n) is 5.08. The van der Waals surface area contributed by atoms with E-state index in [-0.39, 0.29) is 23.5 Å². The summed E-state index contributed by atoms with van der Waals surface area (Å²) in [5.74, 6) is -1.25. The molecule has 7 nitrogen and oxygen atoms in total. The fourth-order valence-electron chi connectivity index (χ4n) is 1.36. The largest absolute Gasteiger partial charge is 0.484 e. The maximum absolute atomic E-state index is 11.7. The summed E-state index contributed by atoms with van der Waals surface area (Å²) in [6, 6.07) is 4.37. The Hall–Kier alpha value is -2.41. The Morgan fingerprint density at radius 2 is 2.06 bits per heavy atom. The minimum atomic E-state index is -0.741. The number of hydrogen-bond donors (Lipinski definition) is 3. The molecule has 0 spiro atoms. The summed E-state index contributed by atoms with van der Waals surface area (Å²) >= 11 is 0. The lowest BCUT2D eigenvalue weighted by atomic mass is 10.1. The quantitative estimate of drug-likeness (QED) is 0.454. The van der Waals surface area contributed by atoms with Gasteiger partial charge in [0.2, 0.25) is 0 Å². The van der Waals surface area contributed by atoms with Gasteiger partial charge in [-0.05, 0) is 12.1 Å². The van der Waals surface area contributed by atoms with Crippen LogP contribution in [0, 0.1) is 0 Å². The molecule has 2 amide bonds. The van der Waals surface area contributed by atoms with E-state index in [2.05, 4.69) is 10.9 Å². The van der Waals surface area contributed by atoms with Gasteiger partial charge in [-0.3, -0.25) is 19.8 Å². The van der Waals surface area contributed by atoms with Crippen molar-refractivity contribution >= 4 is 18.1 Å². The molecule has 0 radical (unpaired) electrons.